The molecule has 0 saturated carbocycles. The number of hydrogen-bond donors (Lipinski definition) is 2. The molecule has 0 bridgehead atoms. The average molecular weight is 332 g/mol. The molecule has 2 rings (SSSR count). The average Bonchev–Trinajstić information content (AvgIpc) is 2.43. The quantitative estimate of drug-likeness (QED) is 0.902. The van der Waals surface area contributed by atoms with Crippen LogP contribution < -0.4 is 10.0 Å². The van der Waals surface area contributed by atoms with Crippen molar-refractivity contribution in [3.05, 3.63) is 46.6 Å². The van der Waals surface area contributed by atoms with Gasteiger partial charge in [0.1, 0.15) is 0 Å². The Hall–Kier alpha value is -1.50. The molecule has 0 radical (unpaired) electrons. The van der Waals surface area contributed by atoms with Gasteiger partial charge in [-0.15, -0.1) is 0 Å². The van der Waals surface area contributed by atoms with Crippen LogP contribution in [0.1, 0.15) is 0 Å². The van der Waals surface area contributed by atoms with Gasteiger partial charge in [-0.2, -0.15) is 8.42 Å². The van der Waals surface area contributed by atoms with Gasteiger partial charge in [0.05, 0.1) is 21.4 Å². The van der Waals surface area contributed by atoms with E-state index in [2.05, 4.69) is 15.0 Å². The second kappa shape index (κ2) is 5.87. The summed E-state index contributed by atoms with van der Waals surface area (Å²) in [5, 5.41) is 3.06. The molecule has 2 aromatic rings. The van der Waals surface area contributed by atoms with Crippen LogP contribution in [-0.4, -0.2) is 20.4 Å². The highest BCUT2D eigenvalue weighted by Gasteiger charge is 2.22. The summed E-state index contributed by atoms with van der Waals surface area (Å²) in [5.74, 6) is 0. The number of nitrogens with zero attached hydrogens (tertiary/aromatic N) is 1. The highest BCUT2D eigenvalue weighted by Crippen LogP contribution is 2.32. The highest BCUT2D eigenvalue weighted by molar-refractivity contribution is 7.92. The summed E-state index contributed by atoms with van der Waals surface area (Å²) in [6, 6.07) is 7.96. The maximum atomic E-state index is 12.4. The number of rotatable bonds is 4. The molecular formula is C12H11Cl2N3O2S. The Morgan fingerprint density at radius 3 is 2.35 bits per heavy atom. The molecule has 20 heavy (non-hydrogen) atoms. The molecule has 0 saturated heterocycles. The van der Waals surface area contributed by atoms with Crippen molar-refractivity contribution in [2.75, 3.05) is 17.1 Å². The number of sulfonamides is 1. The summed E-state index contributed by atoms with van der Waals surface area (Å²) < 4.78 is 27.1. The van der Waals surface area contributed by atoms with Crippen LogP contribution in [0.2, 0.25) is 10.0 Å². The van der Waals surface area contributed by atoms with E-state index in [4.69, 9.17) is 23.2 Å². The molecule has 106 valence electrons. The lowest BCUT2D eigenvalue weighted by atomic mass is 10.3. The molecule has 0 unspecified atom stereocenters. The monoisotopic (exact) mass is 331 g/mol. The first-order valence-electron chi connectivity index (χ1n) is 5.55. The van der Waals surface area contributed by atoms with Gasteiger partial charge in [0.25, 0.3) is 10.0 Å². The van der Waals surface area contributed by atoms with E-state index in [-0.39, 0.29) is 20.8 Å². The van der Waals surface area contributed by atoms with Crippen molar-refractivity contribution in [1.29, 1.82) is 0 Å². The molecule has 0 fully saturated rings. The molecule has 0 aliphatic carbocycles. The van der Waals surface area contributed by atoms with Crippen LogP contribution in [-0.2, 0) is 10.0 Å². The minimum absolute atomic E-state index is 0.126. The minimum Gasteiger partial charge on any atom is -0.386 e. The fourth-order valence-electron chi connectivity index (χ4n) is 1.57. The van der Waals surface area contributed by atoms with Gasteiger partial charge in [-0.1, -0.05) is 29.3 Å². The third-order valence-corrected chi connectivity index (χ3v) is 4.43. The van der Waals surface area contributed by atoms with Gasteiger partial charge in [-0.25, -0.2) is 4.98 Å². The van der Waals surface area contributed by atoms with E-state index in [1.807, 2.05) is 0 Å². The van der Waals surface area contributed by atoms with Gasteiger partial charge in [0.15, 0.2) is 5.03 Å². The Morgan fingerprint density at radius 1 is 1.10 bits per heavy atom. The van der Waals surface area contributed by atoms with Gasteiger partial charge in [-0.3, -0.25) is 4.72 Å². The predicted molar refractivity (Wildman–Crippen MR) is 81.1 cm³/mol. The molecule has 0 aliphatic rings. The summed E-state index contributed by atoms with van der Waals surface area (Å²) in [4.78, 5) is 3.88. The number of nitrogens with one attached hydrogen (secondary N) is 2. The fraction of sp³-hybridized carbons (Fsp3) is 0.0833. The van der Waals surface area contributed by atoms with Crippen LogP contribution in [0.4, 0.5) is 11.4 Å². The topological polar surface area (TPSA) is 71.1 Å². The third-order valence-electron chi connectivity index (χ3n) is 2.49. The summed E-state index contributed by atoms with van der Waals surface area (Å²) in [6.07, 6.45) is 1.39. The molecule has 1 heterocycles. The van der Waals surface area contributed by atoms with Crippen LogP contribution in [0.25, 0.3) is 0 Å². The number of anilines is 2. The van der Waals surface area contributed by atoms with Crippen molar-refractivity contribution >= 4 is 44.6 Å². The lowest BCUT2D eigenvalue weighted by Gasteiger charge is -2.12. The number of pyridine rings is 1. The van der Waals surface area contributed by atoms with Gasteiger partial charge in [0.2, 0.25) is 0 Å². The number of benzene rings is 1. The Kier molecular flexibility index (Phi) is 4.37. The summed E-state index contributed by atoms with van der Waals surface area (Å²) in [7, 11) is -2.28. The number of halogens is 2. The zero-order chi connectivity index (χ0) is 14.8. The van der Waals surface area contributed by atoms with E-state index in [1.54, 1.807) is 37.4 Å². The molecule has 5 nitrogen and oxygen atoms in total. The molecule has 1 aromatic heterocycles. The summed E-state index contributed by atoms with van der Waals surface area (Å²) >= 11 is 11.9. The zero-order valence-electron chi connectivity index (χ0n) is 10.4. The molecule has 2 N–H and O–H groups in total. The third kappa shape index (κ3) is 2.98. The second-order valence-electron chi connectivity index (χ2n) is 3.81. The lowest BCUT2D eigenvalue weighted by molar-refractivity contribution is 0.598. The largest absolute Gasteiger partial charge is 0.386 e. The first-order chi connectivity index (χ1) is 9.45. The van der Waals surface area contributed by atoms with Gasteiger partial charge in [-0.05, 0) is 24.3 Å². The SMILES string of the molecule is CNc1cccnc1S(=O)(=O)Nc1c(Cl)cccc1Cl. The predicted octanol–water partition coefficient (Wildman–Crippen LogP) is 3.23. The van der Waals surface area contributed by atoms with Gasteiger partial charge in [0, 0.05) is 13.2 Å². The Labute approximate surface area is 127 Å². The Bertz CT molecular complexity index is 715. The molecule has 0 aliphatic heterocycles. The van der Waals surface area contributed by atoms with Gasteiger partial charge < -0.3 is 5.32 Å². The summed E-state index contributed by atoms with van der Waals surface area (Å²) in [5.41, 5.74) is 0.506. The summed E-state index contributed by atoms with van der Waals surface area (Å²) in [6.45, 7) is 0. The lowest BCUT2D eigenvalue weighted by Crippen LogP contribution is -2.16. The standard InChI is InChI=1S/C12H11Cl2N3O2S/c1-15-10-6-3-7-16-12(10)20(18,19)17-11-8(13)4-2-5-9(11)14/h2-7,15,17H,1H3. The van der Waals surface area contributed by atoms with Crippen molar-refractivity contribution in [3.8, 4) is 0 Å². The number of hydrogen-bond acceptors (Lipinski definition) is 4. The maximum absolute atomic E-state index is 12.4. The maximum Gasteiger partial charge on any atom is 0.281 e. The van der Waals surface area contributed by atoms with E-state index in [1.165, 1.54) is 6.20 Å². The van der Waals surface area contributed by atoms with E-state index >= 15 is 0 Å². The molecule has 8 heteroatoms. The van der Waals surface area contributed by atoms with E-state index in [0.717, 1.165) is 0 Å². The molecule has 0 amide bonds. The minimum atomic E-state index is -3.89. The van der Waals surface area contributed by atoms with Crippen LogP contribution in [0.15, 0.2) is 41.6 Å². The highest BCUT2D eigenvalue weighted by atomic mass is 35.5. The molecule has 0 spiro atoms. The van der Waals surface area contributed by atoms with Crippen LogP contribution in [0.5, 0.6) is 0 Å². The van der Waals surface area contributed by atoms with E-state index in [9.17, 15) is 8.42 Å². The second-order valence-corrected chi connectivity index (χ2v) is 6.22. The number of aromatic nitrogens is 1. The fourth-order valence-corrected chi connectivity index (χ4v) is 3.42. The smallest absolute Gasteiger partial charge is 0.281 e. The molecule has 0 atom stereocenters. The van der Waals surface area contributed by atoms with Crippen molar-refractivity contribution in [3.63, 3.8) is 0 Å². The first-order valence-corrected chi connectivity index (χ1v) is 7.79. The van der Waals surface area contributed by atoms with Crippen molar-refractivity contribution in [2.45, 2.75) is 5.03 Å². The van der Waals surface area contributed by atoms with E-state index < -0.39 is 10.0 Å². The van der Waals surface area contributed by atoms with Crippen LogP contribution in [0, 0.1) is 0 Å². The Balaban J connectivity index is 2.47. The van der Waals surface area contributed by atoms with Crippen LogP contribution in [0.3, 0.4) is 0 Å². The Morgan fingerprint density at radius 2 is 1.75 bits per heavy atom. The first kappa shape index (κ1) is 14.9. The van der Waals surface area contributed by atoms with Crippen molar-refractivity contribution in [1.82, 2.24) is 4.98 Å². The molecule has 1 aromatic carbocycles. The zero-order valence-corrected chi connectivity index (χ0v) is 12.7. The van der Waals surface area contributed by atoms with Crippen molar-refractivity contribution in [2.24, 2.45) is 0 Å². The van der Waals surface area contributed by atoms with Crippen LogP contribution >= 0.6 is 23.2 Å². The van der Waals surface area contributed by atoms with Gasteiger partial charge >= 0.3 is 0 Å². The van der Waals surface area contributed by atoms with Crippen molar-refractivity contribution < 1.29 is 8.42 Å². The number of para-hydroxylation sites is 1. The van der Waals surface area contributed by atoms with E-state index in [0.29, 0.717) is 5.69 Å². The molecular weight excluding hydrogens is 321 g/mol. The normalized spacial score (nSPS) is 11.2.